The molecule has 0 heterocycles. The molecule has 0 radical (unpaired) electrons. The maximum atomic E-state index is 10.5. The average molecular weight is 186 g/mol. The van der Waals surface area contributed by atoms with Crippen molar-refractivity contribution in [1.82, 2.24) is 5.32 Å². The molecule has 0 aromatic rings. The molecule has 13 heavy (non-hydrogen) atoms. The number of carbonyl (C=O) groups is 2. The van der Waals surface area contributed by atoms with Crippen LogP contribution in [0.25, 0.3) is 0 Å². The maximum Gasteiger partial charge on any atom is 0.413 e. The first-order valence-corrected chi connectivity index (χ1v) is 4.04. The number of rotatable bonds is 2. The SMILES string of the molecule is CC.CCOC(=O)NC(=O)CC#N. The summed E-state index contributed by atoms with van der Waals surface area (Å²) in [7, 11) is 0. The summed E-state index contributed by atoms with van der Waals surface area (Å²) in [5, 5.41) is 9.88. The lowest BCUT2D eigenvalue weighted by Crippen LogP contribution is -2.30. The highest BCUT2D eigenvalue weighted by atomic mass is 16.5. The minimum atomic E-state index is -0.812. The number of alkyl carbamates (subject to hydrolysis) is 1. The molecule has 0 aliphatic rings. The van der Waals surface area contributed by atoms with Crippen LogP contribution in [0.2, 0.25) is 0 Å². The van der Waals surface area contributed by atoms with Crippen LogP contribution in [0.15, 0.2) is 0 Å². The second-order valence-corrected chi connectivity index (χ2v) is 1.60. The molecular formula is C8H14N2O3. The second kappa shape index (κ2) is 10.4. The Morgan fingerprint density at radius 2 is 2.00 bits per heavy atom. The number of hydrogen-bond donors (Lipinski definition) is 1. The van der Waals surface area contributed by atoms with Crippen LogP contribution in [0.5, 0.6) is 0 Å². The van der Waals surface area contributed by atoms with Crippen molar-refractivity contribution < 1.29 is 14.3 Å². The minimum Gasteiger partial charge on any atom is -0.450 e. The molecule has 0 aliphatic heterocycles. The van der Waals surface area contributed by atoms with E-state index in [-0.39, 0.29) is 13.0 Å². The molecule has 0 spiro atoms. The number of ether oxygens (including phenoxy) is 1. The van der Waals surface area contributed by atoms with Gasteiger partial charge in [0, 0.05) is 0 Å². The van der Waals surface area contributed by atoms with E-state index < -0.39 is 12.0 Å². The van der Waals surface area contributed by atoms with Crippen molar-refractivity contribution in [3.8, 4) is 6.07 Å². The van der Waals surface area contributed by atoms with Gasteiger partial charge in [0.25, 0.3) is 0 Å². The smallest absolute Gasteiger partial charge is 0.413 e. The third kappa shape index (κ3) is 10.4. The Hall–Kier alpha value is -1.57. The van der Waals surface area contributed by atoms with Gasteiger partial charge >= 0.3 is 6.09 Å². The lowest BCUT2D eigenvalue weighted by atomic mass is 10.4. The molecule has 0 fully saturated rings. The predicted molar refractivity (Wildman–Crippen MR) is 46.7 cm³/mol. The normalized spacial score (nSPS) is 7.23. The fourth-order valence-corrected chi connectivity index (χ4v) is 0.397. The molecule has 74 valence electrons. The first-order valence-electron chi connectivity index (χ1n) is 4.04. The number of nitrogens with zero attached hydrogens (tertiary/aromatic N) is 1. The molecule has 0 rings (SSSR count). The molecule has 5 heteroatoms. The van der Waals surface area contributed by atoms with Crippen LogP contribution < -0.4 is 5.32 Å². The number of nitriles is 1. The molecule has 0 bridgehead atoms. The van der Waals surface area contributed by atoms with E-state index in [4.69, 9.17) is 5.26 Å². The Labute approximate surface area is 77.7 Å². The van der Waals surface area contributed by atoms with E-state index in [2.05, 4.69) is 4.74 Å². The van der Waals surface area contributed by atoms with E-state index in [1.165, 1.54) is 0 Å². The zero-order valence-corrected chi connectivity index (χ0v) is 8.09. The van der Waals surface area contributed by atoms with Crippen molar-refractivity contribution in [2.45, 2.75) is 27.2 Å². The standard InChI is InChI=1S/C6H8N2O3.C2H6/c1-2-11-6(10)8-5(9)3-4-7;1-2/h2-3H2,1H3,(H,8,9,10);1-2H3. The fourth-order valence-electron chi connectivity index (χ4n) is 0.397. The van der Waals surface area contributed by atoms with Gasteiger partial charge in [-0.1, -0.05) is 13.8 Å². The van der Waals surface area contributed by atoms with Gasteiger partial charge in [0.1, 0.15) is 6.42 Å². The van der Waals surface area contributed by atoms with Gasteiger partial charge in [-0.25, -0.2) is 4.79 Å². The van der Waals surface area contributed by atoms with Crippen LogP contribution in [0.4, 0.5) is 4.79 Å². The molecule has 1 N–H and O–H groups in total. The molecule has 0 aliphatic carbocycles. The van der Waals surface area contributed by atoms with Crippen molar-refractivity contribution in [1.29, 1.82) is 5.26 Å². The molecule has 0 saturated heterocycles. The summed E-state index contributed by atoms with van der Waals surface area (Å²) >= 11 is 0. The van der Waals surface area contributed by atoms with E-state index in [0.717, 1.165) is 0 Å². The molecule has 0 aromatic heterocycles. The van der Waals surface area contributed by atoms with E-state index in [1.807, 2.05) is 19.2 Å². The molecule has 5 nitrogen and oxygen atoms in total. The van der Waals surface area contributed by atoms with Gasteiger partial charge in [0.2, 0.25) is 5.91 Å². The van der Waals surface area contributed by atoms with Crippen LogP contribution in [0.3, 0.4) is 0 Å². The molecule has 0 atom stereocenters. The highest BCUT2D eigenvalue weighted by Crippen LogP contribution is 1.79. The first kappa shape index (κ1) is 14.0. The zero-order chi connectivity index (χ0) is 10.7. The van der Waals surface area contributed by atoms with E-state index >= 15 is 0 Å². The molecule has 0 aromatic carbocycles. The summed E-state index contributed by atoms with van der Waals surface area (Å²) in [6.07, 6.45) is -1.15. The monoisotopic (exact) mass is 186 g/mol. The van der Waals surface area contributed by atoms with Crippen molar-refractivity contribution in [2.24, 2.45) is 0 Å². The topological polar surface area (TPSA) is 79.2 Å². The Kier molecular flexibility index (Phi) is 11.2. The number of nitrogens with one attached hydrogen (secondary N) is 1. The second-order valence-electron chi connectivity index (χ2n) is 1.60. The minimum absolute atomic E-state index is 0.200. The lowest BCUT2D eigenvalue weighted by molar-refractivity contribution is -0.119. The Bertz CT molecular complexity index is 196. The fraction of sp³-hybridized carbons (Fsp3) is 0.625. The molecule has 0 saturated carbocycles. The first-order chi connectivity index (χ1) is 6.20. The van der Waals surface area contributed by atoms with Crippen LogP contribution in [0, 0.1) is 11.3 Å². The van der Waals surface area contributed by atoms with E-state index in [0.29, 0.717) is 0 Å². The summed E-state index contributed by atoms with van der Waals surface area (Å²) < 4.78 is 4.38. The summed E-state index contributed by atoms with van der Waals surface area (Å²) in [6.45, 7) is 5.82. The van der Waals surface area contributed by atoms with Crippen molar-refractivity contribution in [2.75, 3.05) is 6.61 Å². The van der Waals surface area contributed by atoms with Crippen molar-refractivity contribution in [3.05, 3.63) is 0 Å². The molecule has 2 amide bonds. The van der Waals surface area contributed by atoms with Gasteiger partial charge in [0.15, 0.2) is 0 Å². The average Bonchev–Trinajstić information content (AvgIpc) is 2.08. The Morgan fingerprint density at radius 3 is 2.38 bits per heavy atom. The van der Waals surface area contributed by atoms with E-state index in [1.54, 1.807) is 13.0 Å². The number of amides is 2. The zero-order valence-electron chi connectivity index (χ0n) is 8.09. The quantitative estimate of drug-likeness (QED) is 0.702. The largest absolute Gasteiger partial charge is 0.450 e. The summed E-state index contributed by atoms with van der Waals surface area (Å²) in [5.74, 6) is -0.647. The van der Waals surface area contributed by atoms with Crippen LogP contribution in [-0.2, 0) is 9.53 Å². The summed E-state index contributed by atoms with van der Waals surface area (Å²) in [6, 6.07) is 1.60. The number of imide groups is 1. The highest BCUT2D eigenvalue weighted by molar-refractivity contribution is 5.92. The Morgan fingerprint density at radius 1 is 1.46 bits per heavy atom. The van der Waals surface area contributed by atoms with Crippen LogP contribution in [-0.4, -0.2) is 18.6 Å². The van der Waals surface area contributed by atoms with Crippen molar-refractivity contribution in [3.63, 3.8) is 0 Å². The van der Waals surface area contributed by atoms with Gasteiger partial charge in [-0.2, -0.15) is 5.26 Å². The summed E-state index contributed by atoms with van der Waals surface area (Å²) in [5.41, 5.74) is 0. The van der Waals surface area contributed by atoms with Crippen LogP contribution in [0.1, 0.15) is 27.2 Å². The van der Waals surface area contributed by atoms with Gasteiger partial charge in [-0.05, 0) is 6.92 Å². The molecular weight excluding hydrogens is 172 g/mol. The predicted octanol–water partition coefficient (Wildman–Crippen LogP) is 1.20. The van der Waals surface area contributed by atoms with Crippen LogP contribution >= 0.6 is 0 Å². The third-order valence-corrected chi connectivity index (χ3v) is 0.757. The number of carbonyl (C=O) groups excluding carboxylic acids is 2. The van der Waals surface area contributed by atoms with Gasteiger partial charge in [-0.15, -0.1) is 0 Å². The van der Waals surface area contributed by atoms with E-state index in [9.17, 15) is 9.59 Å². The Balaban J connectivity index is 0. The highest BCUT2D eigenvalue weighted by Gasteiger charge is 2.05. The van der Waals surface area contributed by atoms with Gasteiger partial charge in [-0.3, -0.25) is 10.1 Å². The molecule has 0 unspecified atom stereocenters. The lowest BCUT2D eigenvalue weighted by Gasteiger charge is -1.99. The van der Waals surface area contributed by atoms with Crippen molar-refractivity contribution >= 4 is 12.0 Å². The maximum absolute atomic E-state index is 10.5. The van der Waals surface area contributed by atoms with Gasteiger partial charge in [0.05, 0.1) is 12.7 Å². The number of hydrogen-bond acceptors (Lipinski definition) is 4. The summed E-state index contributed by atoms with van der Waals surface area (Å²) in [4.78, 5) is 21.0. The van der Waals surface area contributed by atoms with Gasteiger partial charge < -0.3 is 4.74 Å². The third-order valence-electron chi connectivity index (χ3n) is 0.757.